The third-order valence-electron chi connectivity index (χ3n) is 4.18. The van der Waals surface area contributed by atoms with Crippen molar-refractivity contribution in [2.45, 2.75) is 32.7 Å². The summed E-state index contributed by atoms with van der Waals surface area (Å²) in [4.78, 5) is 17.6. The SMILES string of the molecule is Cc1nc(Nc2ccc(F)cc2)sc1C(=O)NC(C)CCc1ccccc1. The lowest BCUT2D eigenvalue weighted by molar-refractivity contribution is 0.0941. The van der Waals surface area contributed by atoms with E-state index in [4.69, 9.17) is 0 Å². The number of hydrogen-bond donors (Lipinski definition) is 2. The molecule has 1 unspecified atom stereocenters. The largest absolute Gasteiger partial charge is 0.349 e. The highest BCUT2D eigenvalue weighted by Crippen LogP contribution is 2.26. The first-order chi connectivity index (χ1) is 13.0. The Balaban J connectivity index is 1.57. The highest BCUT2D eigenvalue weighted by Gasteiger charge is 2.17. The molecule has 0 aliphatic carbocycles. The standard InChI is InChI=1S/C21H22FN3OS/c1-14(8-9-16-6-4-3-5-7-16)23-20(26)19-15(2)24-21(27-19)25-18-12-10-17(22)11-13-18/h3-7,10-14H,8-9H2,1-2H3,(H,23,26)(H,24,25). The quantitative estimate of drug-likeness (QED) is 0.598. The Kier molecular flexibility index (Phi) is 6.19. The van der Waals surface area contributed by atoms with E-state index in [-0.39, 0.29) is 17.8 Å². The summed E-state index contributed by atoms with van der Waals surface area (Å²) in [5, 5.41) is 6.77. The van der Waals surface area contributed by atoms with E-state index in [1.54, 1.807) is 12.1 Å². The maximum atomic E-state index is 13.0. The first kappa shape index (κ1) is 19.0. The Labute approximate surface area is 162 Å². The lowest BCUT2D eigenvalue weighted by Crippen LogP contribution is -2.32. The number of nitrogens with one attached hydrogen (secondary N) is 2. The van der Waals surface area contributed by atoms with Crippen molar-refractivity contribution in [3.05, 3.63) is 76.5 Å². The Morgan fingerprint density at radius 1 is 1.15 bits per heavy atom. The number of carbonyl (C=O) groups excluding carboxylic acids is 1. The van der Waals surface area contributed by atoms with Crippen LogP contribution in [0.25, 0.3) is 0 Å². The van der Waals surface area contributed by atoms with Crippen molar-refractivity contribution in [3.63, 3.8) is 0 Å². The average molecular weight is 383 g/mol. The Bertz CT molecular complexity index is 894. The van der Waals surface area contributed by atoms with Crippen molar-refractivity contribution >= 4 is 28.1 Å². The van der Waals surface area contributed by atoms with Gasteiger partial charge < -0.3 is 10.6 Å². The third kappa shape index (κ3) is 5.37. The van der Waals surface area contributed by atoms with Crippen molar-refractivity contribution in [2.75, 3.05) is 5.32 Å². The van der Waals surface area contributed by atoms with Crippen LogP contribution in [-0.4, -0.2) is 16.9 Å². The van der Waals surface area contributed by atoms with Gasteiger partial charge in [0.05, 0.1) is 5.69 Å². The lowest BCUT2D eigenvalue weighted by Gasteiger charge is -2.13. The molecule has 3 aromatic rings. The summed E-state index contributed by atoms with van der Waals surface area (Å²) in [7, 11) is 0. The van der Waals surface area contributed by atoms with Crippen LogP contribution < -0.4 is 10.6 Å². The molecular formula is C21H22FN3OS. The van der Waals surface area contributed by atoms with E-state index >= 15 is 0 Å². The van der Waals surface area contributed by atoms with Crippen LogP contribution in [0.4, 0.5) is 15.2 Å². The van der Waals surface area contributed by atoms with E-state index in [1.165, 1.54) is 29.0 Å². The van der Waals surface area contributed by atoms with Crippen LogP contribution in [0.2, 0.25) is 0 Å². The molecule has 1 amide bonds. The van der Waals surface area contributed by atoms with Crippen molar-refractivity contribution in [1.29, 1.82) is 0 Å². The number of hydrogen-bond acceptors (Lipinski definition) is 4. The number of aryl methyl sites for hydroxylation is 2. The molecule has 0 bridgehead atoms. The Morgan fingerprint density at radius 3 is 2.56 bits per heavy atom. The van der Waals surface area contributed by atoms with Gasteiger partial charge in [0.15, 0.2) is 5.13 Å². The number of halogens is 1. The summed E-state index contributed by atoms with van der Waals surface area (Å²) in [6.07, 6.45) is 1.79. The van der Waals surface area contributed by atoms with Crippen LogP contribution in [0.3, 0.4) is 0 Å². The highest BCUT2D eigenvalue weighted by atomic mass is 32.1. The van der Waals surface area contributed by atoms with Crippen LogP contribution in [0.5, 0.6) is 0 Å². The second kappa shape index (κ2) is 8.77. The van der Waals surface area contributed by atoms with Gasteiger partial charge in [0, 0.05) is 11.7 Å². The zero-order valence-corrected chi connectivity index (χ0v) is 16.1. The molecule has 0 saturated heterocycles. The second-order valence-electron chi connectivity index (χ2n) is 6.46. The van der Waals surface area contributed by atoms with Gasteiger partial charge in [0.2, 0.25) is 0 Å². The van der Waals surface area contributed by atoms with Gasteiger partial charge in [-0.1, -0.05) is 41.7 Å². The van der Waals surface area contributed by atoms with Gasteiger partial charge in [0.1, 0.15) is 10.7 Å². The maximum Gasteiger partial charge on any atom is 0.263 e. The number of anilines is 2. The Hall–Kier alpha value is -2.73. The summed E-state index contributed by atoms with van der Waals surface area (Å²) in [5.41, 5.74) is 2.67. The van der Waals surface area contributed by atoms with Crippen molar-refractivity contribution in [1.82, 2.24) is 10.3 Å². The fourth-order valence-corrected chi connectivity index (χ4v) is 3.60. The number of benzene rings is 2. The molecule has 1 heterocycles. The minimum absolute atomic E-state index is 0.0627. The van der Waals surface area contributed by atoms with E-state index in [0.29, 0.717) is 15.7 Å². The molecule has 0 saturated carbocycles. The number of thiazole rings is 1. The van der Waals surface area contributed by atoms with E-state index < -0.39 is 0 Å². The van der Waals surface area contributed by atoms with Gasteiger partial charge in [-0.2, -0.15) is 0 Å². The molecule has 2 aromatic carbocycles. The minimum Gasteiger partial charge on any atom is -0.349 e. The van der Waals surface area contributed by atoms with Gasteiger partial charge in [-0.25, -0.2) is 9.37 Å². The average Bonchev–Trinajstić information content (AvgIpc) is 3.03. The molecule has 1 aromatic heterocycles. The molecule has 3 rings (SSSR count). The predicted octanol–water partition coefficient (Wildman–Crippen LogP) is 5.09. The zero-order valence-electron chi connectivity index (χ0n) is 15.3. The second-order valence-corrected chi connectivity index (χ2v) is 7.46. The van der Waals surface area contributed by atoms with E-state index in [9.17, 15) is 9.18 Å². The van der Waals surface area contributed by atoms with E-state index in [2.05, 4.69) is 27.8 Å². The Morgan fingerprint density at radius 2 is 1.85 bits per heavy atom. The van der Waals surface area contributed by atoms with Crippen LogP contribution in [0, 0.1) is 12.7 Å². The molecule has 4 nitrogen and oxygen atoms in total. The summed E-state index contributed by atoms with van der Waals surface area (Å²) in [5.74, 6) is -0.404. The molecule has 0 spiro atoms. The number of aromatic nitrogens is 1. The van der Waals surface area contributed by atoms with Crippen LogP contribution in [0.1, 0.15) is 34.3 Å². The molecule has 0 radical (unpaired) electrons. The number of nitrogens with zero attached hydrogens (tertiary/aromatic N) is 1. The summed E-state index contributed by atoms with van der Waals surface area (Å²) in [6, 6.07) is 16.3. The van der Waals surface area contributed by atoms with E-state index in [0.717, 1.165) is 18.5 Å². The monoisotopic (exact) mass is 383 g/mol. The van der Waals surface area contributed by atoms with Gasteiger partial charge >= 0.3 is 0 Å². The third-order valence-corrected chi connectivity index (χ3v) is 5.26. The van der Waals surface area contributed by atoms with Crippen molar-refractivity contribution in [3.8, 4) is 0 Å². The van der Waals surface area contributed by atoms with E-state index in [1.807, 2.05) is 32.0 Å². The van der Waals surface area contributed by atoms with Crippen LogP contribution in [-0.2, 0) is 6.42 Å². The van der Waals surface area contributed by atoms with Gasteiger partial charge in [-0.15, -0.1) is 0 Å². The molecular weight excluding hydrogens is 361 g/mol. The minimum atomic E-state index is -0.291. The van der Waals surface area contributed by atoms with Gasteiger partial charge in [0.25, 0.3) is 5.91 Å². The fraction of sp³-hybridized carbons (Fsp3) is 0.238. The summed E-state index contributed by atoms with van der Waals surface area (Å²) < 4.78 is 13.0. The number of carbonyl (C=O) groups is 1. The summed E-state index contributed by atoms with van der Waals surface area (Å²) >= 11 is 1.30. The van der Waals surface area contributed by atoms with Gasteiger partial charge in [-0.3, -0.25) is 4.79 Å². The summed E-state index contributed by atoms with van der Waals surface area (Å²) in [6.45, 7) is 3.82. The maximum absolute atomic E-state index is 13.0. The molecule has 0 aliphatic heterocycles. The van der Waals surface area contributed by atoms with Crippen LogP contribution in [0.15, 0.2) is 54.6 Å². The molecule has 2 N–H and O–H groups in total. The van der Waals surface area contributed by atoms with Crippen LogP contribution >= 0.6 is 11.3 Å². The number of amides is 1. The highest BCUT2D eigenvalue weighted by molar-refractivity contribution is 7.17. The molecule has 140 valence electrons. The topological polar surface area (TPSA) is 54.0 Å². The lowest BCUT2D eigenvalue weighted by atomic mass is 10.1. The molecule has 0 aliphatic rings. The van der Waals surface area contributed by atoms with Crippen molar-refractivity contribution < 1.29 is 9.18 Å². The smallest absolute Gasteiger partial charge is 0.263 e. The van der Waals surface area contributed by atoms with Crippen molar-refractivity contribution in [2.24, 2.45) is 0 Å². The normalized spacial score (nSPS) is 11.8. The van der Waals surface area contributed by atoms with Gasteiger partial charge in [-0.05, 0) is 56.5 Å². The molecule has 1 atom stereocenters. The predicted molar refractivity (Wildman–Crippen MR) is 108 cm³/mol. The molecule has 0 fully saturated rings. The zero-order chi connectivity index (χ0) is 19.2. The molecule has 6 heteroatoms. The fourth-order valence-electron chi connectivity index (χ4n) is 2.71. The first-order valence-electron chi connectivity index (χ1n) is 8.86. The molecule has 27 heavy (non-hydrogen) atoms. The first-order valence-corrected chi connectivity index (χ1v) is 9.67. The number of rotatable bonds is 7.